The van der Waals surface area contributed by atoms with Gasteiger partial charge in [0, 0.05) is 18.6 Å². The number of benzene rings is 1. The summed E-state index contributed by atoms with van der Waals surface area (Å²) in [6, 6.07) is 6.84. The second kappa shape index (κ2) is 7.08. The molecule has 98 valence electrons. The van der Waals surface area contributed by atoms with Crippen molar-refractivity contribution in [2.45, 2.75) is 0 Å². The fourth-order valence-corrected chi connectivity index (χ4v) is 2.13. The molecular weight excluding hydrogens is 248 g/mol. The number of hydrogen-bond donors (Lipinski definition) is 2. The summed E-state index contributed by atoms with van der Waals surface area (Å²) in [5.74, 6) is -0.00297. The lowest BCUT2D eigenvalue weighted by Crippen LogP contribution is -2.10. The van der Waals surface area contributed by atoms with E-state index < -0.39 is 5.97 Å². The van der Waals surface area contributed by atoms with Gasteiger partial charge < -0.3 is 10.4 Å². The second-order valence-electron chi connectivity index (χ2n) is 4.04. The van der Waals surface area contributed by atoms with Crippen LogP contribution in [0.15, 0.2) is 29.7 Å². The molecule has 1 rings (SSSR count). The minimum absolute atomic E-state index is 0.301. The Kier molecular flexibility index (Phi) is 5.74. The maximum atomic E-state index is 10.8. The van der Waals surface area contributed by atoms with E-state index in [1.165, 1.54) is 0 Å². The molecule has 0 radical (unpaired) electrons. The first-order valence-corrected chi connectivity index (χ1v) is 6.57. The Morgan fingerprint density at radius 3 is 2.33 bits per heavy atom. The lowest BCUT2D eigenvalue weighted by Gasteiger charge is -2.10. The van der Waals surface area contributed by atoms with Gasteiger partial charge in [0.15, 0.2) is 0 Å². The van der Waals surface area contributed by atoms with Crippen LogP contribution in [0, 0.1) is 0 Å². The highest BCUT2D eigenvalue weighted by atomic mass is 32.2. The van der Waals surface area contributed by atoms with Gasteiger partial charge in [-0.3, -0.25) is 4.90 Å². The van der Waals surface area contributed by atoms with Crippen LogP contribution < -0.4 is 5.32 Å². The van der Waals surface area contributed by atoms with E-state index in [2.05, 4.69) is 10.2 Å². The Morgan fingerprint density at radius 1 is 1.33 bits per heavy atom. The van der Waals surface area contributed by atoms with Gasteiger partial charge in [-0.25, -0.2) is 4.79 Å². The van der Waals surface area contributed by atoms with Gasteiger partial charge >= 0.3 is 5.97 Å². The zero-order valence-electron chi connectivity index (χ0n) is 10.8. The van der Waals surface area contributed by atoms with Crippen LogP contribution in [-0.2, 0) is 0 Å². The fraction of sp³-hybridized carbons (Fsp3) is 0.308. The first-order chi connectivity index (χ1) is 8.54. The van der Waals surface area contributed by atoms with Crippen molar-refractivity contribution in [3.63, 3.8) is 0 Å². The number of nitrogens with zero attached hydrogens (tertiary/aromatic N) is 1. The average Bonchev–Trinajstić information content (AvgIpc) is 2.34. The molecule has 18 heavy (non-hydrogen) atoms. The van der Waals surface area contributed by atoms with E-state index in [4.69, 9.17) is 5.11 Å². The van der Waals surface area contributed by atoms with Crippen LogP contribution >= 0.6 is 11.8 Å². The van der Waals surface area contributed by atoms with E-state index >= 15 is 0 Å². The van der Waals surface area contributed by atoms with Crippen LogP contribution in [0.1, 0.15) is 15.9 Å². The number of carbonyl (C=O) groups is 1. The molecule has 1 aromatic rings. The average molecular weight is 266 g/mol. The van der Waals surface area contributed by atoms with Crippen molar-refractivity contribution >= 4 is 23.4 Å². The van der Waals surface area contributed by atoms with E-state index in [-0.39, 0.29) is 0 Å². The van der Waals surface area contributed by atoms with Crippen molar-refractivity contribution in [3.8, 4) is 0 Å². The van der Waals surface area contributed by atoms with Crippen molar-refractivity contribution in [3.05, 3.63) is 40.8 Å². The molecule has 0 saturated heterocycles. The number of nitrogens with one attached hydrogen (secondary N) is 1. The third-order valence-electron chi connectivity index (χ3n) is 2.25. The number of carboxylic acids is 1. The molecule has 0 aromatic heterocycles. The topological polar surface area (TPSA) is 52.6 Å². The van der Waals surface area contributed by atoms with E-state index in [0.717, 1.165) is 17.1 Å². The van der Waals surface area contributed by atoms with Crippen molar-refractivity contribution in [1.82, 2.24) is 10.2 Å². The van der Waals surface area contributed by atoms with Gasteiger partial charge in [0.25, 0.3) is 0 Å². The smallest absolute Gasteiger partial charge is 0.335 e. The number of rotatable bonds is 6. The highest BCUT2D eigenvalue weighted by molar-refractivity contribution is 8.02. The number of thioether (sulfide) groups is 1. The van der Waals surface area contributed by atoms with Crippen molar-refractivity contribution in [2.75, 3.05) is 27.0 Å². The Bertz CT molecular complexity index is 427. The normalized spacial score (nSPS) is 11.7. The zero-order valence-corrected chi connectivity index (χ0v) is 11.6. The minimum atomic E-state index is -0.904. The molecule has 0 fully saturated rings. The predicted octanol–water partition coefficient (Wildman–Crippen LogP) is 2.15. The highest BCUT2D eigenvalue weighted by Gasteiger charge is 2.04. The second-order valence-corrected chi connectivity index (χ2v) is 4.87. The molecule has 1 aromatic carbocycles. The molecule has 5 heteroatoms. The van der Waals surface area contributed by atoms with Crippen LogP contribution in [0.3, 0.4) is 0 Å². The summed E-state index contributed by atoms with van der Waals surface area (Å²) >= 11 is 1.68. The molecule has 0 heterocycles. The van der Waals surface area contributed by atoms with Crippen LogP contribution in [0.4, 0.5) is 0 Å². The van der Waals surface area contributed by atoms with Crippen molar-refractivity contribution in [1.29, 1.82) is 0 Å². The monoisotopic (exact) mass is 266 g/mol. The third-order valence-corrected chi connectivity index (χ3v) is 3.31. The quantitative estimate of drug-likeness (QED) is 0.773. The lowest BCUT2D eigenvalue weighted by atomic mass is 10.1. The molecule has 0 amide bonds. The SMILES string of the molecule is CN/C(=C\SCN(C)C)c1ccc(C(=O)O)cc1. The summed E-state index contributed by atoms with van der Waals surface area (Å²) in [5.41, 5.74) is 2.27. The number of hydrogen-bond acceptors (Lipinski definition) is 4. The molecule has 0 aliphatic rings. The van der Waals surface area contributed by atoms with E-state index in [1.54, 1.807) is 23.9 Å². The summed E-state index contributed by atoms with van der Waals surface area (Å²) in [7, 11) is 5.89. The largest absolute Gasteiger partial charge is 0.478 e. The Morgan fingerprint density at radius 2 is 1.89 bits per heavy atom. The Hall–Kier alpha value is -1.46. The van der Waals surface area contributed by atoms with Gasteiger partial charge in [-0.15, -0.1) is 11.8 Å². The molecule has 0 spiro atoms. The fourth-order valence-electron chi connectivity index (χ4n) is 1.33. The third kappa shape index (κ3) is 4.43. The Balaban J connectivity index is 2.78. The van der Waals surface area contributed by atoms with Crippen molar-refractivity contribution < 1.29 is 9.90 Å². The van der Waals surface area contributed by atoms with E-state index in [1.807, 2.05) is 38.7 Å². The van der Waals surface area contributed by atoms with Crippen LogP contribution in [0.5, 0.6) is 0 Å². The molecule has 0 saturated carbocycles. The summed E-state index contributed by atoms with van der Waals surface area (Å²) < 4.78 is 0. The molecule has 4 nitrogen and oxygen atoms in total. The minimum Gasteiger partial charge on any atom is -0.478 e. The van der Waals surface area contributed by atoms with Crippen LogP contribution in [-0.4, -0.2) is 43.0 Å². The highest BCUT2D eigenvalue weighted by Crippen LogP contribution is 2.17. The summed E-state index contributed by atoms with van der Waals surface area (Å²) in [6.45, 7) is 0. The van der Waals surface area contributed by atoms with Gasteiger partial charge in [-0.1, -0.05) is 12.1 Å². The molecule has 2 N–H and O–H groups in total. The maximum Gasteiger partial charge on any atom is 0.335 e. The van der Waals surface area contributed by atoms with E-state index in [9.17, 15) is 4.79 Å². The molecule has 0 unspecified atom stereocenters. The molecular formula is C13H18N2O2S. The van der Waals surface area contributed by atoms with Gasteiger partial charge in [0.05, 0.1) is 5.56 Å². The maximum absolute atomic E-state index is 10.8. The molecule has 0 bridgehead atoms. The van der Waals surface area contributed by atoms with Crippen molar-refractivity contribution in [2.24, 2.45) is 0 Å². The number of aromatic carboxylic acids is 1. The Labute approximate surface area is 112 Å². The number of carboxylic acid groups (broad SMARTS) is 1. The molecule has 0 atom stereocenters. The summed E-state index contributed by atoms with van der Waals surface area (Å²) in [4.78, 5) is 12.8. The van der Waals surface area contributed by atoms with Gasteiger partial charge in [0.2, 0.25) is 0 Å². The summed E-state index contributed by atoms with van der Waals surface area (Å²) in [6.07, 6.45) is 0. The van der Waals surface area contributed by atoms with Gasteiger partial charge in [0.1, 0.15) is 0 Å². The predicted molar refractivity (Wildman–Crippen MR) is 76.6 cm³/mol. The molecule has 0 aliphatic heterocycles. The first-order valence-electron chi connectivity index (χ1n) is 5.52. The first kappa shape index (κ1) is 14.6. The van der Waals surface area contributed by atoms with Gasteiger partial charge in [-0.2, -0.15) is 0 Å². The molecule has 0 aliphatic carbocycles. The van der Waals surface area contributed by atoms with E-state index in [0.29, 0.717) is 5.56 Å². The standard InChI is InChI=1S/C13H18N2O2S/c1-14-12(8-18-9-15(2)3)10-4-6-11(7-5-10)13(16)17/h4-8,14H,9H2,1-3H3,(H,16,17)/b12-8-. The zero-order chi connectivity index (χ0) is 13.5. The lowest BCUT2D eigenvalue weighted by molar-refractivity contribution is 0.0697. The van der Waals surface area contributed by atoms with Crippen LogP contribution in [0.25, 0.3) is 5.70 Å². The van der Waals surface area contributed by atoms with Gasteiger partial charge in [-0.05, 0) is 37.2 Å². The summed E-state index contributed by atoms with van der Waals surface area (Å²) in [5, 5.41) is 14.0. The van der Waals surface area contributed by atoms with Crippen LogP contribution in [0.2, 0.25) is 0 Å².